The van der Waals surface area contributed by atoms with Crippen molar-refractivity contribution in [3.8, 4) is 0 Å². The number of rotatable bonds is 3. The minimum atomic E-state index is -1.49. The lowest BCUT2D eigenvalue weighted by molar-refractivity contribution is 0.443. The molecule has 0 aliphatic carbocycles. The van der Waals surface area contributed by atoms with Gasteiger partial charge in [0, 0.05) is 10.0 Å². The van der Waals surface area contributed by atoms with E-state index in [0.717, 1.165) is 12.1 Å². The second-order valence-electron chi connectivity index (χ2n) is 4.19. The van der Waals surface area contributed by atoms with E-state index in [-0.39, 0.29) is 5.56 Å². The van der Waals surface area contributed by atoms with E-state index in [2.05, 4.69) is 5.32 Å². The monoisotopic (exact) mass is 319 g/mol. The van der Waals surface area contributed by atoms with Gasteiger partial charge in [0.25, 0.3) is 0 Å². The predicted molar refractivity (Wildman–Crippen MR) is 73.7 cm³/mol. The lowest BCUT2D eigenvalue weighted by Crippen LogP contribution is -2.19. The molecule has 6 heteroatoms. The average Bonchev–Trinajstić information content (AvgIpc) is 2.39. The van der Waals surface area contributed by atoms with Crippen LogP contribution in [0.25, 0.3) is 0 Å². The summed E-state index contributed by atoms with van der Waals surface area (Å²) in [6.45, 7) is 0. The molecule has 2 rings (SSSR count). The quantitative estimate of drug-likeness (QED) is 0.807. The fourth-order valence-electron chi connectivity index (χ4n) is 1.98. The summed E-state index contributed by atoms with van der Waals surface area (Å²) in [6.07, 6.45) is 0. The lowest BCUT2D eigenvalue weighted by atomic mass is 9.98. The van der Waals surface area contributed by atoms with Gasteiger partial charge >= 0.3 is 0 Å². The van der Waals surface area contributed by atoms with Gasteiger partial charge in [0.1, 0.15) is 0 Å². The SMILES string of the molecule is CNC(c1cc(F)c(F)c(F)c1)c1ccc(Cl)cc1Cl. The van der Waals surface area contributed by atoms with Gasteiger partial charge in [-0.3, -0.25) is 0 Å². The number of halogens is 5. The maximum Gasteiger partial charge on any atom is 0.194 e. The maximum atomic E-state index is 13.3. The number of hydrogen-bond acceptors (Lipinski definition) is 1. The van der Waals surface area contributed by atoms with Gasteiger partial charge in [0.15, 0.2) is 17.5 Å². The van der Waals surface area contributed by atoms with Crippen LogP contribution in [0.3, 0.4) is 0 Å². The van der Waals surface area contributed by atoms with Crippen LogP contribution in [0.15, 0.2) is 30.3 Å². The summed E-state index contributed by atoms with van der Waals surface area (Å²) >= 11 is 11.9. The van der Waals surface area contributed by atoms with Crippen LogP contribution in [0.5, 0.6) is 0 Å². The molecule has 1 nitrogen and oxygen atoms in total. The predicted octanol–water partition coefficient (Wildman–Crippen LogP) is 4.72. The molecular formula is C14H10Cl2F3N. The molecule has 1 N–H and O–H groups in total. The first-order valence-corrected chi connectivity index (χ1v) is 6.46. The van der Waals surface area contributed by atoms with Crippen molar-refractivity contribution in [1.29, 1.82) is 0 Å². The molecule has 0 saturated heterocycles. The second kappa shape index (κ2) is 6.04. The van der Waals surface area contributed by atoms with Crippen molar-refractivity contribution in [1.82, 2.24) is 5.32 Å². The number of nitrogens with one attached hydrogen (secondary N) is 1. The first kappa shape index (κ1) is 15.2. The first-order chi connectivity index (χ1) is 9.43. The molecule has 20 heavy (non-hydrogen) atoms. The van der Waals surface area contributed by atoms with E-state index in [9.17, 15) is 13.2 Å². The Morgan fingerprint density at radius 1 is 1.00 bits per heavy atom. The van der Waals surface area contributed by atoms with Gasteiger partial charge in [-0.25, -0.2) is 13.2 Å². The molecule has 106 valence electrons. The third-order valence-electron chi connectivity index (χ3n) is 2.90. The van der Waals surface area contributed by atoms with Gasteiger partial charge in [0.2, 0.25) is 0 Å². The summed E-state index contributed by atoms with van der Waals surface area (Å²) in [4.78, 5) is 0. The molecule has 0 aliphatic rings. The summed E-state index contributed by atoms with van der Waals surface area (Å²) < 4.78 is 39.6. The minimum absolute atomic E-state index is 0.230. The van der Waals surface area contributed by atoms with Gasteiger partial charge in [-0.1, -0.05) is 29.3 Å². The summed E-state index contributed by atoms with van der Waals surface area (Å²) in [5.74, 6) is -3.98. The van der Waals surface area contributed by atoms with E-state index in [1.54, 1.807) is 19.2 Å². The first-order valence-electron chi connectivity index (χ1n) is 5.70. The van der Waals surface area contributed by atoms with E-state index in [1.807, 2.05) is 0 Å². The van der Waals surface area contributed by atoms with Crippen LogP contribution in [-0.2, 0) is 0 Å². The zero-order chi connectivity index (χ0) is 14.9. The fourth-order valence-corrected chi connectivity index (χ4v) is 2.50. The van der Waals surface area contributed by atoms with Gasteiger partial charge in [-0.05, 0) is 42.4 Å². The van der Waals surface area contributed by atoms with Crippen LogP contribution in [0.1, 0.15) is 17.2 Å². The molecule has 0 bridgehead atoms. The molecular weight excluding hydrogens is 310 g/mol. The Bertz CT molecular complexity index is 623. The summed E-state index contributed by atoms with van der Waals surface area (Å²) in [5, 5.41) is 3.68. The van der Waals surface area contributed by atoms with Crippen LogP contribution in [0.4, 0.5) is 13.2 Å². The van der Waals surface area contributed by atoms with E-state index in [0.29, 0.717) is 15.6 Å². The van der Waals surface area contributed by atoms with E-state index in [1.165, 1.54) is 6.07 Å². The van der Waals surface area contributed by atoms with Gasteiger partial charge < -0.3 is 5.32 Å². The smallest absolute Gasteiger partial charge is 0.194 e. The highest BCUT2D eigenvalue weighted by molar-refractivity contribution is 6.35. The Kier molecular flexibility index (Phi) is 4.58. The van der Waals surface area contributed by atoms with Gasteiger partial charge in [-0.2, -0.15) is 0 Å². The van der Waals surface area contributed by atoms with Crippen LogP contribution in [-0.4, -0.2) is 7.05 Å². The van der Waals surface area contributed by atoms with Crippen molar-refractivity contribution >= 4 is 23.2 Å². The molecule has 2 aromatic rings. The molecule has 1 unspecified atom stereocenters. The Balaban J connectivity index is 2.52. The number of benzene rings is 2. The van der Waals surface area contributed by atoms with Crippen molar-refractivity contribution in [2.75, 3.05) is 7.05 Å². The highest BCUT2D eigenvalue weighted by Crippen LogP contribution is 2.31. The standard InChI is InChI=1S/C14H10Cl2F3N/c1-20-14(9-3-2-8(15)6-10(9)16)7-4-11(17)13(19)12(18)5-7/h2-6,14,20H,1H3. The minimum Gasteiger partial charge on any atom is -0.309 e. The molecule has 0 fully saturated rings. The Labute approximate surface area is 124 Å². The summed E-state index contributed by atoms with van der Waals surface area (Å²) in [6, 6.07) is 6.08. The van der Waals surface area contributed by atoms with Crippen LogP contribution in [0.2, 0.25) is 10.0 Å². The van der Waals surface area contributed by atoms with Crippen molar-refractivity contribution in [3.05, 3.63) is 69.0 Å². The van der Waals surface area contributed by atoms with Gasteiger partial charge in [-0.15, -0.1) is 0 Å². The lowest BCUT2D eigenvalue weighted by Gasteiger charge is -2.19. The third kappa shape index (κ3) is 2.92. The second-order valence-corrected chi connectivity index (χ2v) is 5.03. The van der Waals surface area contributed by atoms with Gasteiger partial charge in [0.05, 0.1) is 6.04 Å². The van der Waals surface area contributed by atoms with E-state index in [4.69, 9.17) is 23.2 Å². The van der Waals surface area contributed by atoms with Crippen LogP contribution < -0.4 is 5.32 Å². The van der Waals surface area contributed by atoms with Crippen molar-refractivity contribution in [2.45, 2.75) is 6.04 Å². The Morgan fingerprint density at radius 2 is 1.60 bits per heavy atom. The number of hydrogen-bond donors (Lipinski definition) is 1. The van der Waals surface area contributed by atoms with E-state index < -0.39 is 23.5 Å². The molecule has 2 aromatic carbocycles. The Hall–Kier alpha value is -1.23. The molecule has 0 radical (unpaired) electrons. The largest absolute Gasteiger partial charge is 0.309 e. The van der Waals surface area contributed by atoms with Crippen molar-refractivity contribution in [2.24, 2.45) is 0 Å². The molecule has 1 atom stereocenters. The highest BCUT2D eigenvalue weighted by Gasteiger charge is 2.19. The normalized spacial score (nSPS) is 12.5. The zero-order valence-corrected chi connectivity index (χ0v) is 11.9. The summed E-state index contributed by atoms with van der Waals surface area (Å²) in [5.41, 5.74) is 0.817. The molecule has 0 spiro atoms. The maximum absolute atomic E-state index is 13.3. The molecule has 0 aliphatic heterocycles. The molecule has 0 heterocycles. The topological polar surface area (TPSA) is 12.0 Å². The molecule has 0 aromatic heterocycles. The van der Waals surface area contributed by atoms with Crippen molar-refractivity contribution in [3.63, 3.8) is 0 Å². The van der Waals surface area contributed by atoms with Crippen molar-refractivity contribution < 1.29 is 13.2 Å². The fraction of sp³-hybridized carbons (Fsp3) is 0.143. The highest BCUT2D eigenvalue weighted by atomic mass is 35.5. The van der Waals surface area contributed by atoms with Crippen LogP contribution >= 0.6 is 23.2 Å². The average molecular weight is 320 g/mol. The summed E-state index contributed by atoms with van der Waals surface area (Å²) in [7, 11) is 1.61. The zero-order valence-electron chi connectivity index (χ0n) is 10.4. The van der Waals surface area contributed by atoms with E-state index >= 15 is 0 Å². The Morgan fingerprint density at radius 3 is 2.10 bits per heavy atom. The molecule has 0 amide bonds. The third-order valence-corrected chi connectivity index (χ3v) is 3.46. The van der Waals surface area contributed by atoms with Crippen LogP contribution in [0, 0.1) is 17.5 Å². The molecule has 0 saturated carbocycles.